The van der Waals surface area contributed by atoms with Crippen molar-refractivity contribution in [3.05, 3.63) is 64.2 Å². The van der Waals surface area contributed by atoms with Crippen LogP contribution in [0.1, 0.15) is 40.8 Å². The molecule has 2 aromatic carbocycles. The van der Waals surface area contributed by atoms with Crippen LogP contribution in [-0.2, 0) is 11.2 Å². The SMILES string of the molecule is COc1ccc(CC(=O)N[C@@H](C)c2cc(C)ccc2C)cc1C. The summed E-state index contributed by atoms with van der Waals surface area (Å²) < 4.78 is 5.25. The second kappa shape index (κ2) is 7.32. The van der Waals surface area contributed by atoms with E-state index in [1.807, 2.05) is 32.0 Å². The number of carbonyl (C=O) groups is 1. The van der Waals surface area contributed by atoms with E-state index in [0.717, 1.165) is 16.9 Å². The lowest BCUT2D eigenvalue weighted by atomic mass is 9.99. The fraction of sp³-hybridized carbons (Fsp3) is 0.350. The lowest BCUT2D eigenvalue weighted by molar-refractivity contribution is -0.121. The zero-order valence-corrected chi connectivity index (χ0v) is 14.6. The van der Waals surface area contributed by atoms with Crippen LogP contribution in [0.15, 0.2) is 36.4 Å². The van der Waals surface area contributed by atoms with Gasteiger partial charge in [-0.25, -0.2) is 0 Å². The van der Waals surface area contributed by atoms with Crippen LogP contribution >= 0.6 is 0 Å². The lowest BCUT2D eigenvalue weighted by Gasteiger charge is -2.17. The van der Waals surface area contributed by atoms with Crippen molar-refractivity contribution in [2.24, 2.45) is 0 Å². The maximum absolute atomic E-state index is 12.3. The van der Waals surface area contributed by atoms with E-state index in [2.05, 4.69) is 37.4 Å². The van der Waals surface area contributed by atoms with Gasteiger partial charge in [0.25, 0.3) is 0 Å². The number of carbonyl (C=O) groups excluding carboxylic acids is 1. The van der Waals surface area contributed by atoms with Crippen molar-refractivity contribution in [2.75, 3.05) is 7.11 Å². The number of aryl methyl sites for hydroxylation is 3. The Morgan fingerprint density at radius 1 is 1.09 bits per heavy atom. The fourth-order valence-corrected chi connectivity index (χ4v) is 2.83. The highest BCUT2D eigenvalue weighted by Gasteiger charge is 2.13. The van der Waals surface area contributed by atoms with E-state index >= 15 is 0 Å². The summed E-state index contributed by atoms with van der Waals surface area (Å²) >= 11 is 0. The normalized spacial score (nSPS) is 11.9. The van der Waals surface area contributed by atoms with Crippen molar-refractivity contribution >= 4 is 5.91 Å². The van der Waals surface area contributed by atoms with Gasteiger partial charge in [0.2, 0.25) is 5.91 Å². The van der Waals surface area contributed by atoms with Gasteiger partial charge in [-0.15, -0.1) is 0 Å². The third-order valence-electron chi connectivity index (χ3n) is 4.10. The van der Waals surface area contributed by atoms with Crippen LogP contribution in [0.2, 0.25) is 0 Å². The van der Waals surface area contributed by atoms with E-state index < -0.39 is 0 Å². The lowest BCUT2D eigenvalue weighted by Crippen LogP contribution is -2.28. The molecule has 0 unspecified atom stereocenters. The molecule has 2 aromatic rings. The van der Waals surface area contributed by atoms with Crippen LogP contribution < -0.4 is 10.1 Å². The molecule has 1 N–H and O–H groups in total. The van der Waals surface area contributed by atoms with Crippen molar-refractivity contribution in [1.82, 2.24) is 5.32 Å². The first kappa shape index (κ1) is 17.1. The summed E-state index contributed by atoms with van der Waals surface area (Å²) in [5.41, 5.74) is 5.61. The van der Waals surface area contributed by atoms with Crippen LogP contribution in [-0.4, -0.2) is 13.0 Å². The average molecular weight is 311 g/mol. The second-order valence-corrected chi connectivity index (χ2v) is 6.13. The van der Waals surface area contributed by atoms with Gasteiger partial charge in [0.05, 0.1) is 19.6 Å². The highest BCUT2D eigenvalue weighted by atomic mass is 16.5. The molecule has 0 saturated heterocycles. The molecule has 0 saturated carbocycles. The molecule has 0 heterocycles. The summed E-state index contributed by atoms with van der Waals surface area (Å²) in [6.07, 6.45) is 0.375. The van der Waals surface area contributed by atoms with Crippen molar-refractivity contribution in [1.29, 1.82) is 0 Å². The number of hydrogen-bond acceptors (Lipinski definition) is 2. The Labute approximate surface area is 138 Å². The van der Waals surface area contributed by atoms with E-state index in [9.17, 15) is 4.79 Å². The minimum Gasteiger partial charge on any atom is -0.496 e. The molecule has 3 nitrogen and oxygen atoms in total. The number of hydrogen-bond donors (Lipinski definition) is 1. The molecule has 0 spiro atoms. The highest BCUT2D eigenvalue weighted by Crippen LogP contribution is 2.20. The van der Waals surface area contributed by atoms with E-state index in [0.29, 0.717) is 6.42 Å². The van der Waals surface area contributed by atoms with Gasteiger partial charge in [-0.2, -0.15) is 0 Å². The molecule has 0 aliphatic carbocycles. The molecule has 0 bridgehead atoms. The first-order valence-corrected chi connectivity index (χ1v) is 7.90. The number of ether oxygens (including phenoxy) is 1. The molecular weight excluding hydrogens is 286 g/mol. The van der Waals surface area contributed by atoms with E-state index in [-0.39, 0.29) is 11.9 Å². The maximum atomic E-state index is 12.3. The number of benzene rings is 2. The topological polar surface area (TPSA) is 38.3 Å². The highest BCUT2D eigenvalue weighted by molar-refractivity contribution is 5.79. The molecule has 0 fully saturated rings. The van der Waals surface area contributed by atoms with Gasteiger partial charge in [0.15, 0.2) is 0 Å². The Morgan fingerprint density at radius 2 is 1.83 bits per heavy atom. The standard InChI is InChI=1S/C20H25NO2/c1-13-6-7-14(2)18(10-13)16(4)21-20(22)12-17-8-9-19(23-5)15(3)11-17/h6-11,16H,12H2,1-5H3,(H,21,22)/t16-/m0/s1. The molecule has 3 heteroatoms. The summed E-state index contributed by atoms with van der Waals surface area (Å²) in [7, 11) is 1.65. The average Bonchev–Trinajstić information content (AvgIpc) is 2.49. The Bertz CT molecular complexity index is 707. The molecule has 122 valence electrons. The second-order valence-electron chi connectivity index (χ2n) is 6.13. The van der Waals surface area contributed by atoms with Crippen molar-refractivity contribution in [3.63, 3.8) is 0 Å². The van der Waals surface area contributed by atoms with E-state index in [4.69, 9.17) is 4.74 Å². The van der Waals surface area contributed by atoms with Gasteiger partial charge in [-0.3, -0.25) is 4.79 Å². The van der Waals surface area contributed by atoms with Gasteiger partial charge >= 0.3 is 0 Å². The van der Waals surface area contributed by atoms with Gasteiger partial charge in [-0.1, -0.05) is 35.9 Å². The molecule has 1 atom stereocenters. The van der Waals surface area contributed by atoms with E-state index in [1.54, 1.807) is 7.11 Å². The summed E-state index contributed by atoms with van der Waals surface area (Å²) in [5.74, 6) is 0.876. The smallest absolute Gasteiger partial charge is 0.224 e. The zero-order chi connectivity index (χ0) is 17.0. The minimum absolute atomic E-state index is 0.00162. The fourth-order valence-electron chi connectivity index (χ4n) is 2.83. The predicted octanol–water partition coefficient (Wildman–Crippen LogP) is 4.04. The quantitative estimate of drug-likeness (QED) is 0.905. The van der Waals surface area contributed by atoms with Crippen molar-refractivity contribution in [2.45, 2.75) is 40.2 Å². The van der Waals surface area contributed by atoms with Gasteiger partial charge in [0.1, 0.15) is 5.75 Å². The van der Waals surface area contributed by atoms with Crippen LogP contribution in [0.25, 0.3) is 0 Å². The van der Waals surface area contributed by atoms with Crippen LogP contribution in [0.5, 0.6) is 5.75 Å². The molecule has 0 aliphatic heterocycles. The Kier molecular flexibility index (Phi) is 5.43. The summed E-state index contributed by atoms with van der Waals surface area (Å²) in [5, 5.41) is 3.09. The van der Waals surface area contributed by atoms with Crippen molar-refractivity contribution < 1.29 is 9.53 Å². The number of rotatable bonds is 5. The summed E-state index contributed by atoms with van der Waals surface area (Å²) in [6, 6.07) is 12.2. The molecule has 0 radical (unpaired) electrons. The summed E-state index contributed by atoms with van der Waals surface area (Å²) in [4.78, 5) is 12.3. The van der Waals surface area contributed by atoms with Gasteiger partial charge in [-0.05, 0) is 56.0 Å². The third kappa shape index (κ3) is 4.35. The zero-order valence-electron chi connectivity index (χ0n) is 14.6. The maximum Gasteiger partial charge on any atom is 0.224 e. The minimum atomic E-state index is 0.00162. The van der Waals surface area contributed by atoms with Crippen LogP contribution in [0.4, 0.5) is 0 Å². The van der Waals surface area contributed by atoms with Crippen molar-refractivity contribution in [3.8, 4) is 5.75 Å². The molecule has 2 rings (SSSR count). The predicted molar refractivity (Wildman–Crippen MR) is 93.9 cm³/mol. The van der Waals surface area contributed by atoms with Gasteiger partial charge < -0.3 is 10.1 Å². The first-order valence-electron chi connectivity index (χ1n) is 7.90. The number of methoxy groups -OCH3 is 1. The molecule has 0 aliphatic rings. The molecule has 23 heavy (non-hydrogen) atoms. The van der Waals surface area contributed by atoms with Crippen LogP contribution in [0, 0.1) is 20.8 Å². The number of nitrogens with one attached hydrogen (secondary N) is 1. The summed E-state index contributed by atoms with van der Waals surface area (Å²) in [6.45, 7) is 8.15. The molecular formula is C20H25NO2. The Morgan fingerprint density at radius 3 is 2.48 bits per heavy atom. The largest absolute Gasteiger partial charge is 0.496 e. The van der Waals surface area contributed by atoms with Crippen LogP contribution in [0.3, 0.4) is 0 Å². The first-order chi connectivity index (χ1) is 10.9. The molecule has 0 aromatic heterocycles. The third-order valence-corrected chi connectivity index (χ3v) is 4.10. The number of amides is 1. The Hall–Kier alpha value is -2.29. The monoisotopic (exact) mass is 311 g/mol. The Balaban J connectivity index is 2.04. The van der Waals surface area contributed by atoms with Gasteiger partial charge in [0, 0.05) is 0 Å². The van der Waals surface area contributed by atoms with E-state index in [1.165, 1.54) is 16.7 Å². The molecule has 1 amide bonds.